The second kappa shape index (κ2) is 2.94. The summed E-state index contributed by atoms with van der Waals surface area (Å²) in [6.45, 7) is 5.01. The van der Waals surface area contributed by atoms with Crippen LogP contribution in [0.1, 0.15) is 33.1 Å². The molecule has 76 valence electrons. The maximum atomic E-state index is 10.2. The van der Waals surface area contributed by atoms with Crippen LogP contribution in [-0.2, 0) is 9.47 Å². The number of hydrogen-bond donors (Lipinski definition) is 1. The van der Waals surface area contributed by atoms with Gasteiger partial charge >= 0.3 is 0 Å². The zero-order chi connectivity index (χ0) is 9.53. The fraction of sp³-hybridized carbons (Fsp3) is 1.00. The van der Waals surface area contributed by atoms with Gasteiger partial charge in [0.05, 0.1) is 12.7 Å². The van der Waals surface area contributed by atoms with Crippen molar-refractivity contribution in [1.29, 1.82) is 0 Å². The molecule has 1 N–H and O–H groups in total. The summed E-state index contributed by atoms with van der Waals surface area (Å²) in [5, 5.41) is 10.2. The van der Waals surface area contributed by atoms with Crippen LogP contribution in [0.3, 0.4) is 0 Å². The SMILES string of the molecule is C[C@@H]1CC[C@@]2(CCOC[C@@]2(C)O)O1. The molecule has 2 heterocycles. The molecule has 3 nitrogen and oxygen atoms in total. The highest BCUT2D eigenvalue weighted by Gasteiger charge is 2.53. The van der Waals surface area contributed by atoms with Gasteiger partial charge in [-0.2, -0.15) is 0 Å². The molecule has 0 aromatic rings. The van der Waals surface area contributed by atoms with Crippen LogP contribution < -0.4 is 0 Å². The van der Waals surface area contributed by atoms with Crippen molar-refractivity contribution in [3.63, 3.8) is 0 Å². The Labute approximate surface area is 79.0 Å². The second-order valence-corrected chi connectivity index (χ2v) is 4.54. The van der Waals surface area contributed by atoms with Gasteiger partial charge in [-0.1, -0.05) is 0 Å². The van der Waals surface area contributed by atoms with Crippen molar-refractivity contribution in [2.75, 3.05) is 13.2 Å². The van der Waals surface area contributed by atoms with E-state index in [1.54, 1.807) is 0 Å². The molecule has 0 radical (unpaired) electrons. The molecule has 0 unspecified atom stereocenters. The van der Waals surface area contributed by atoms with Gasteiger partial charge in [0, 0.05) is 13.0 Å². The maximum absolute atomic E-state index is 10.2. The lowest BCUT2D eigenvalue weighted by atomic mass is 9.78. The van der Waals surface area contributed by atoms with E-state index >= 15 is 0 Å². The first kappa shape index (κ1) is 9.44. The Balaban J connectivity index is 2.19. The Morgan fingerprint density at radius 1 is 1.38 bits per heavy atom. The van der Waals surface area contributed by atoms with E-state index in [1.807, 2.05) is 6.92 Å². The van der Waals surface area contributed by atoms with Crippen LogP contribution in [0.15, 0.2) is 0 Å². The molecule has 0 bridgehead atoms. The highest BCUT2D eigenvalue weighted by molar-refractivity contribution is 5.04. The lowest BCUT2D eigenvalue weighted by Gasteiger charge is -2.45. The number of aliphatic hydroxyl groups is 1. The van der Waals surface area contributed by atoms with Crippen molar-refractivity contribution in [3.8, 4) is 0 Å². The van der Waals surface area contributed by atoms with E-state index in [9.17, 15) is 5.11 Å². The van der Waals surface area contributed by atoms with Gasteiger partial charge in [0.1, 0.15) is 11.2 Å². The maximum Gasteiger partial charge on any atom is 0.114 e. The summed E-state index contributed by atoms with van der Waals surface area (Å²) < 4.78 is 11.2. The van der Waals surface area contributed by atoms with Crippen molar-refractivity contribution < 1.29 is 14.6 Å². The molecule has 13 heavy (non-hydrogen) atoms. The first-order valence-corrected chi connectivity index (χ1v) is 5.04. The van der Waals surface area contributed by atoms with Crippen LogP contribution in [0.4, 0.5) is 0 Å². The van der Waals surface area contributed by atoms with Gasteiger partial charge in [0.15, 0.2) is 0 Å². The van der Waals surface area contributed by atoms with Gasteiger partial charge in [0.2, 0.25) is 0 Å². The lowest BCUT2D eigenvalue weighted by molar-refractivity contribution is -0.223. The van der Waals surface area contributed by atoms with E-state index < -0.39 is 5.60 Å². The van der Waals surface area contributed by atoms with Gasteiger partial charge in [-0.3, -0.25) is 0 Å². The number of hydrogen-bond acceptors (Lipinski definition) is 3. The quantitative estimate of drug-likeness (QED) is 0.615. The molecule has 0 aliphatic carbocycles. The smallest absolute Gasteiger partial charge is 0.114 e. The molecular weight excluding hydrogens is 168 g/mol. The molecule has 1 spiro atoms. The summed E-state index contributed by atoms with van der Waals surface area (Å²) in [4.78, 5) is 0. The van der Waals surface area contributed by atoms with Crippen LogP contribution in [-0.4, -0.2) is 35.6 Å². The van der Waals surface area contributed by atoms with Gasteiger partial charge in [-0.15, -0.1) is 0 Å². The van der Waals surface area contributed by atoms with Crippen LogP contribution >= 0.6 is 0 Å². The van der Waals surface area contributed by atoms with Crippen LogP contribution in [0.2, 0.25) is 0 Å². The lowest BCUT2D eigenvalue weighted by Crippen LogP contribution is -2.58. The Bertz CT molecular complexity index is 198. The normalized spacial score (nSPS) is 51.5. The molecule has 0 saturated carbocycles. The monoisotopic (exact) mass is 186 g/mol. The molecule has 0 aromatic heterocycles. The number of ether oxygens (including phenoxy) is 2. The Morgan fingerprint density at radius 2 is 2.15 bits per heavy atom. The standard InChI is InChI=1S/C10H18O3/c1-8-3-4-10(13-8)5-6-12-7-9(10,2)11/h8,11H,3-7H2,1-2H3/t8-,9-,10+/m1/s1. The van der Waals surface area contributed by atoms with Crippen LogP contribution in [0.25, 0.3) is 0 Å². The average molecular weight is 186 g/mol. The predicted octanol–water partition coefficient (Wildman–Crippen LogP) is 1.10. The summed E-state index contributed by atoms with van der Waals surface area (Å²) in [6.07, 6.45) is 3.12. The molecule has 3 heteroatoms. The summed E-state index contributed by atoms with van der Waals surface area (Å²) in [5.74, 6) is 0. The third-order valence-corrected chi connectivity index (χ3v) is 3.40. The molecule has 2 rings (SSSR count). The predicted molar refractivity (Wildman–Crippen MR) is 48.6 cm³/mol. The van der Waals surface area contributed by atoms with Gasteiger partial charge in [0.25, 0.3) is 0 Å². The molecule has 0 amide bonds. The zero-order valence-corrected chi connectivity index (χ0v) is 8.38. The highest BCUT2D eigenvalue weighted by Crippen LogP contribution is 2.43. The summed E-state index contributed by atoms with van der Waals surface area (Å²) >= 11 is 0. The molecule has 2 aliphatic rings. The van der Waals surface area contributed by atoms with Crippen molar-refractivity contribution in [3.05, 3.63) is 0 Å². The van der Waals surface area contributed by atoms with Crippen molar-refractivity contribution >= 4 is 0 Å². The largest absolute Gasteiger partial charge is 0.385 e. The third kappa shape index (κ3) is 1.39. The third-order valence-electron chi connectivity index (χ3n) is 3.40. The van der Waals surface area contributed by atoms with Gasteiger partial charge in [-0.25, -0.2) is 0 Å². The van der Waals surface area contributed by atoms with E-state index in [2.05, 4.69) is 6.92 Å². The minimum absolute atomic E-state index is 0.282. The molecule has 3 atom stereocenters. The van der Waals surface area contributed by atoms with E-state index in [0.717, 1.165) is 19.3 Å². The summed E-state index contributed by atoms with van der Waals surface area (Å²) in [6, 6.07) is 0. The van der Waals surface area contributed by atoms with Crippen LogP contribution in [0, 0.1) is 0 Å². The van der Waals surface area contributed by atoms with E-state index in [0.29, 0.717) is 13.2 Å². The Morgan fingerprint density at radius 3 is 2.69 bits per heavy atom. The molecule has 2 saturated heterocycles. The second-order valence-electron chi connectivity index (χ2n) is 4.54. The fourth-order valence-corrected chi connectivity index (χ4v) is 2.43. The molecule has 0 aromatic carbocycles. The summed E-state index contributed by atoms with van der Waals surface area (Å²) in [5.41, 5.74) is -1.14. The number of rotatable bonds is 0. The van der Waals surface area contributed by atoms with Crippen LogP contribution in [0.5, 0.6) is 0 Å². The molecule has 2 aliphatic heterocycles. The Kier molecular flexibility index (Phi) is 2.13. The molecular formula is C10H18O3. The highest BCUT2D eigenvalue weighted by atomic mass is 16.6. The topological polar surface area (TPSA) is 38.7 Å². The zero-order valence-electron chi connectivity index (χ0n) is 8.38. The first-order valence-electron chi connectivity index (χ1n) is 5.04. The average Bonchev–Trinajstić information content (AvgIpc) is 2.41. The van der Waals surface area contributed by atoms with Gasteiger partial charge < -0.3 is 14.6 Å². The molecule has 2 fully saturated rings. The minimum Gasteiger partial charge on any atom is -0.385 e. The Hall–Kier alpha value is -0.120. The first-order chi connectivity index (χ1) is 6.06. The van der Waals surface area contributed by atoms with Crippen molar-refractivity contribution in [2.45, 2.75) is 50.4 Å². The van der Waals surface area contributed by atoms with E-state index in [4.69, 9.17) is 9.47 Å². The van der Waals surface area contributed by atoms with E-state index in [1.165, 1.54) is 0 Å². The van der Waals surface area contributed by atoms with Crippen molar-refractivity contribution in [2.24, 2.45) is 0 Å². The van der Waals surface area contributed by atoms with Gasteiger partial charge in [-0.05, 0) is 26.7 Å². The minimum atomic E-state index is -0.810. The summed E-state index contributed by atoms with van der Waals surface area (Å²) in [7, 11) is 0. The fourth-order valence-electron chi connectivity index (χ4n) is 2.43. The van der Waals surface area contributed by atoms with Crippen molar-refractivity contribution in [1.82, 2.24) is 0 Å². The van der Waals surface area contributed by atoms with E-state index in [-0.39, 0.29) is 11.7 Å².